The van der Waals surface area contributed by atoms with Crippen LogP contribution >= 0.6 is 35.1 Å². The highest BCUT2D eigenvalue weighted by molar-refractivity contribution is 8.18. The smallest absolute Gasteiger partial charge is 0.266 e. The number of halogens is 1. The highest BCUT2D eigenvalue weighted by Gasteiger charge is 2.35. The number of thioether (sulfide) groups is 1. The largest absolute Gasteiger partial charge is 0.376 e. The Morgan fingerprint density at radius 1 is 1.03 bits per heavy atom. The number of amides is 1. The van der Waals surface area contributed by atoms with Crippen LogP contribution in [0.25, 0.3) is 6.08 Å². The second-order valence-corrected chi connectivity index (χ2v) is 10.6. The van der Waals surface area contributed by atoms with Crippen LogP contribution in [-0.2, 0) is 9.53 Å². The monoisotopic (exact) mass is 506 g/mol. The Balaban J connectivity index is 1.35. The fourth-order valence-electron chi connectivity index (χ4n) is 3.78. The van der Waals surface area contributed by atoms with Crippen LogP contribution in [0.3, 0.4) is 0 Å². The third-order valence-electron chi connectivity index (χ3n) is 5.51. The Morgan fingerprint density at radius 2 is 1.74 bits per heavy atom. The van der Waals surface area contributed by atoms with E-state index in [-0.39, 0.29) is 12.0 Å². The second kappa shape index (κ2) is 10.8. The summed E-state index contributed by atoms with van der Waals surface area (Å²) in [5.41, 5.74) is 1.81. The van der Waals surface area contributed by atoms with Crippen molar-refractivity contribution < 1.29 is 9.53 Å². The standard InChI is InChI=1S/C27H23ClN2O2S2/c28-20-10-14-24(15-11-20)33-23-12-8-19(9-13-23)17-25-26(31)30(18-22-7-4-16-32-22)27(34-25)29-21-5-2-1-3-6-21/h1-3,5-6,8-15,17,22H,4,7,16,18H2/b25-17+,29-27?/t22-/m0/s1. The molecule has 2 heterocycles. The van der Waals surface area contributed by atoms with Crippen molar-refractivity contribution in [2.75, 3.05) is 13.2 Å². The van der Waals surface area contributed by atoms with Crippen molar-refractivity contribution in [2.45, 2.75) is 28.7 Å². The van der Waals surface area contributed by atoms with Crippen molar-refractivity contribution >= 4 is 58.0 Å². The van der Waals surface area contributed by atoms with Crippen molar-refractivity contribution in [3.05, 3.63) is 94.4 Å². The summed E-state index contributed by atoms with van der Waals surface area (Å²) in [4.78, 5) is 22.8. The number of carbonyl (C=O) groups is 1. The summed E-state index contributed by atoms with van der Waals surface area (Å²) in [6.45, 7) is 1.29. The first kappa shape index (κ1) is 23.2. The molecule has 5 rings (SSSR count). The van der Waals surface area contributed by atoms with Crippen LogP contribution in [0.1, 0.15) is 18.4 Å². The van der Waals surface area contributed by atoms with Gasteiger partial charge in [0.25, 0.3) is 5.91 Å². The molecule has 4 nitrogen and oxygen atoms in total. The van der Waals surface area contributed by atoms with Crippen molar-refractivity contribution in [1.82, 2.24) is 4.90 Å². The molecule has 0 spiro atoms. The molecular formula is C27H23ClN2O2S2. The Bertz CT molecular complexity index is 1210. The summed E-state index contributed by atoms with van der Waals surface area (Å²) in [5, 5.41) is 1.43. The zero-order valence-electron chi connectivity index (χ0n) is 18.4. The summed E-state index contributed by atoms with van der Waals surface area (Å²) in [5.74, 6) is -0.0187. The molecule has 7 heteroatoms. The third kappa shape index (κ3) is 5.76. The Hall–Kier alpha value is -2.51. The Labute approximate surface area is 213 Å². The molecular weight excluding hydrogens is 484 g/mol. The molecule has 0 bridgehead atoms. The van der Waals surface area contributed by atoms with E-state index >= 15 is 0 Å². The topological polar surface area (TPSA) is 41.9 Å². The van der Waals surface area contributed by atoms with Gasteiger partial charge in [-0.1, -0.05) is 53.7 Å². The average Bonchev–Trinajstić information content (AvgIpc) is 3.47. The highest BCUT2D eigenvalue weighted by atomic mass is 35.5. The number of benzene rings is 3. The lowest BCUT2D eigenvalue weighted by atomic mass is 10.2. The van der Waals surface area contributed by atoms with Gasteiger partial charge in [0.1, 0.15) is 0 Å². The lowest BCUT2D eigenvalue weighted by molar-refractivity contribution is -0.123. The quantitative estimate of drug-likeness (QED) is 0.329. The maximum atomic E-state index is 13.3. The molecule has 34 heavy (non-hydrogen) atoms. The van der Waals surface area contributed by atoms with E-state index in [1.807, 2.05) is 72.8 Å². The molecule has 2 aliphatic heterocycles. The number of rotatable bonds is 6. The number of hydrogen-bond donors (Lipinski definition) is 0. The molecule has 1 atom stereocenters. The van der Waals surface area contributed by atoms with Crippen LogP contribution in [0.15, 0.2) is 98.6 Å². The van der Waals surface area contributed by atoms with Crippen LogP contribution < -0.4 is 0 Å². The van der Waals surface area contributed by atoms with Crippen LogP contribution in [0.5, 0.6) is 0 Å². The van der Waals surface area contributed by atoms with Crippen LogP contribution in [0.4, 0.5) is 5.69 Å². The average molecular weight is 507 g/mol. The molecule has 0 unspecified atom stereocenters. The molecule has 3 aromatic carbocycles. The van der Waals surface area contributed by atoms with E-state index in [9.17, 15) is 4.79 Å². The van der Waals surface area contributed by atoms with Gasteiger partial charge in [0.15, 0.2) is 5.17 Å². The lowest BCUT2D eigenvalue weighted by Gasteiger charge is -2.19. The van der Waals surface area contributed by atoms with Gasteiger partial charge in [0.2, 0.25) is 0 Å². The van der Waals surface area contributed by atoms with E-state index in [0.29, 0.717) is 16.6 Å². The molecule has 0 aromatic heterocycles. The molecule has 0 saturated carbocycles. The minimum Gasteiger partial charge on any atom is -0.376 e. The number of amidine groups is 1. The maximum Gasteiger partial charge on any atom is 0.266 e. The van der Waals surface area contributed by atoms with Gasteiger partial charge in [-0.3, -0.25) is 9.69 Å². The van der Waals surface area contributed by atoms with E-state index in [4.69, 9.17) is 21.3 Å². The Kier molecular flexibility index (Phi) is 7.40. The second-order valence-electron chi connectivity index (χ2n) is 8.02. The molecule has 0 N–H and O–H groups in total. The first-order valence-electron chi connectivity index (χ1n) is 11.1. The zero-order chi connectivity index (χ0) is 23.3. The molecule has 2 fully saturated rings. The molecule has 172 valence electrons. The van der Waals surface area contributed by atoms with Crippen LogP contribution in [0.2, 0.25) is 5.02 Å². The van der Waals surface area contributed by atoms with E-state index in [1.165, 1.54) is 11.8 Å². The van der Waals surface area contributed by atoms with Gasteiger partial charge in [0, 0.05) is 21.4 Å². The van der Waals surface area contributed by atoms with E-state index in [2.05, 4.69) is 12.1 Å². The number of ether oxygens (including phenoxy) is 1. The van der Waals surface area contributed by atoms with Gasteiger partial charge in [0.05, 0.1) is 23.2 Å². The van der Waals surface area contributed by atoms with Crippen molar-refractivity contribution in [3.8, 4) is 0 Å². The third-order valence-corrected chi connectivity index (χ3v) is 7.78. The summed E-state index contributed by atoms with van der Waals surface area (Å²) in [7, 11) is 0. The highest BCUT2D eigenvalue weighted by Crippen LogP contribution is 2.35. The van der Waals surface area contributed by atoms with E-state index in [0.717, 1.165) is 45.5 Å². The molecule has 2 aliphatic rings. The first-order chi connectivity index (χ1) is 16.6. The summed E-state index contributed by atoms with van der Waals surface area (Å²) >= 11 is 9.07. The fourth-order valence-corrected chi connectivity index (χ4v) is 5.73. The van der Waals surface area contributed by atoms with Gasteiger partial charge in [-0.25, -0.2) is 4.99 Å². The molecule has 2 saturated heterocycles. The predicted octanol–water partition coefficient (Wildman–Crippen LogP) is 7.27. The molecule has 3 aromatic rings. The predicted molar refractivity (Wildman–Crippen MR) is 142 cm³/mol. The summed E-state index contributed by atoms with van der Waals surface area (Å²) in [6.07, 6.45) is 4.02. The number of aliphatic imine (C=N–C) groups is 1. The van der Waals surface area contributed by atoms with Crippen LogP contribution in [-0.4, -0.2) is 35.2 Å². The number of carbonyl (C=O) groups excluding carboxylic acids is 1. The van der Waals surface area contributed by atoms with Gasteiger partial charge >= 0.3 is 0 Å². The van der Waals surface area contributed by atoms with E-state index < -0.39 is 0 Å². The van der Waals surface area contributed by atoms with Crippen molar-refractivity contribution in [3.63, 3.8) is 0 Å². The maximum absolute atomic E-state index is 13.3. The number of hydrogen-bond acceptors (Lipinski definition) is 5. The van der Waals surface area contributed by atoms with Gasteiger partial charge in [-0.05, 0) is 84.8 Å². The van der Waals surface area contributed by atoms with Crippen LogP contribution in [0, 0.1) is 0 Å². The molecule has 1 amide bonds. The van der Waals surface area contributed by atoms with Gasteiger partial charge in [-0.15, -0.1) is 0 Å². The van der Waals surface area contributed by atoms with Crippen molar-refractivity contribution in [2.24, 2.45) is 4.99 Å². The van der Waals surface area contributed by atoms with Crippen molar-refractivity contribution in [1.29, 1.82) is 0 Å². The zero-order valence-corrected chi connectivity index (χ0v) is 20.8. The summed E-state index contributed by atoms with van der Waals surface area (Å²) < 4.78 is 5.80. The Morgan fingerprint density at radius 3 is 2.41 bits per heavy atom. The van der Waals surface area contributed by atoms with E-state index in [1.54, 1.807) is 16.7 Å². The SMILES string of the molecule is O=C1/C(=C\c2ccc(Sc3ccc(Cl)cc3)cc2)SC(=Nc2ccccc2)N1C[C@@H]1CCCO1. The number of nitrogens with zero attached hydrogens (tertiary/aromatic N) is 2. The lowest BCUT2D eigenvalue weighted by Crippen LogP contribution is -2.36. The fraction of sp³-hybridized carbons (Fsp3) is 0.185. The minimum absolute atomic E-state index is 0.0187. The number of para-hydroxylation sites is 1. The minimum atomic E-state index is -0.0187. The first-order valence-corrected chi connectivity index (χ1v) is 13.2. The normalized spacial score (nSPS) is 20.6. The van der Waals surface area contributed by atoms with Gasteiger partial charge < -0.3 is 4.74 Å². The summed E-state index contributed by atoms with van der Waals surface area (Å²) in [6, 6.07) is 25.8. The molecule has 0 aliphatic carbocycles. The van der Waals surface area contributed by atoms with Gasteiger partial charge in [-0.2, -0.15) is 0 Å². The molecule has 0 radical (unpaired) electrons.